The molecule has 530 valence electrons. The number of hydrogen-bond acceptors (Lipinski definition) is 1. The van der Waals surface area contributed by atoms with Crippen molar-refractivity contribution in [2.75, 3.05) is 0 Å². The molecular weight excluding hydrogens is 1390 g/mol. The van der Waals surface area contributed by atoms with E-state index >= 15 is 0 Å². The minimum Gasteiger partial charge on any atom is -0.455 e. The molecule has 0 unspecified atom stereocenters. The van der Waals surface area contributed by atoms with Gasteiger partial charge in [-0.15, -0.1) is 0 Å². The molecule has 24 aromatic rings. The maximum atomic E-state index is 6.74. The van der Waals surface area contributed by atoms with Gasteiger partial charge in [-0.3, -0.25) is 0 Å². The Labute approximate surface area is 663 Å². The number of furan rings is 1. The zero-order valence-electron chi connectivity index (χ0n) is 62.7. The van der Waals surface area contributed by atoms with E-state index in [0.29, 0.717) is 0 Å². The molecule has 23 aromatic carbocycles. The van der Waals surface area contributed by atoms with E-state index in [2.05, 4.69) is 413 Å². The van der Waals surface area contributed by atoms with Crippen molar-refractivity contribution in [1.29, 1.82) is 0 Å². The predicted octanol–water partition coefficient (Wildman–Crippen LogP) is 32.4. The number of benzene rings is 23. The normalized spacial score (nSPS) is 12.0. The van der Waals surface area contributed by atoms with Crippen LogP contribution in [-0.4, -0.2) is 0 Å². The van der Waals surface area contributed by atoms with Crippen LogP contribution < -0.4 is 0 Å². The summed E-state index contributed by atoms with van der Waals surface area (Å²) in [5.74, 6) is 0. The SMILES string of the molecule is c1ccc(-c2cc(-c3c4ccccc4c(-c4ccc5cc(-c6ccc(-c7c8ccccc8c(-c8ccc9cc(-c%10ccc%11cc(-c%12c%13ccccc%13c(-c%13cccc%14c%13oc%13ccccc%13%14)c%13ccccc%12%13)c%12ccccc%12c%11c%10)ccc9c8)c8ccccc78)c7ccccc67)ccc5c4)c4ccccc34)c3ccccc3c2)cc1. The summed E-state index contributed by atoms with van der Waals surface area (Å²) in [6.07, 6.45) is 0. The maximum absolute atomic E-state index is 6.74. The third kappa shape index (κ3) is 10.1. The average Bonchev–Trinajstić information content (AvgIpc) is 0.895. The van der Waals surface area contributed by atoms with E-state index in [1.807, 2.05) is 0 Å². The summed E-state index contributed by atoms with van der Waals surface area (Å²) >= 11 is 0. The summed E-state index contributed by atoms with van der Waals surface area (Å²) < 4.78 is 6.74. The van der Waals surface area contributed by atoms with E-state index in [-0.39, 0.29) is 0 Å². The molecule has 0 radical (unpaired) electrons. The minimum atomic E-state index is 0.901. The zero-order valence-corrected chi connectivity index (χ0v) is 62.7. The van der Waals surface area contributed by atoms with Gasteiger partial charge in [0.05, 0.1) is 0 Å². The van der Waals surface area contributed by atoms with Gasteiger partial charge in [0, 0.05) is 21.9 Å². The van der Waals surface area contributed by atoms with E-state index in [1.54, 1.807) is 0 Å². The fourth-order valence-corrected chi connectivity index (χ4v) is 19.8. The molecule has 24 rings (SSSR count). The zero-order chi connectivity index (χ0) is 75.3. The summed E-state index contributed by atoms with van der Waals surface area (Å²) in [5, 5.41) is 31.6. The van der Waals surface area contributed by atoms with Gasteiger partial charge in [0.2, 0.25) is 0 Å². The van der Waals surface area contributed by atoms with Crippen molar-refractivity contribution in [3.63, 3.8) is 0 Å². The van der Waals surface area contributed by atoms with Crippen LogP contribution in [0, 0.1) is 0 Å². The van der Waals surface area contributed by atoms with Gasteiger partial charge in [-0.05, 0) is 273 Å². The van der Waals surface area contributed by atoms with E-state index in [0.717, 1.165) is 27.5 Å². The standard InChI is InChI=1S/C114H68O/c1-2-25-69(26-3-1)81-65-76-27-4-5-28-82(76)105(68-81)112-95-40-16-12-36-91(95)109(92-37-13-17-41-96(92)112)80-58-54-72-62-77(55-51-74(72)64-80)83-59-60-101(85-30-7-6-29-84(83)85)110-93-38-14-10-34-89(93)108(90-35-11-15-39-94(90)110)79-57-53-70-61-71(49-50-73(70)63-79)75-52-56-78-67-106(87-32-9-8-31-86(87)104(78)66-75)113-99-44-20-18-42-97(99)111(98-43-19-21-45-100(98)113)103-47-24-46-102-88-33-22-23-48-107(88)115-114(102)103/h1-68H. The molecule has 1 nitrogen and oxygen atoms in total. The summed E-state index contributed by atoms with van der Waals surface area (Å²) in [5.41, 5.74) is 23.7. The van der Waals surface area contributed by atoms with Crippen LogP contribution >= 0.6 is 0 Å². The molecule has 0 amide bonds. The molecule has 0 fully saturated rings. The molecule has 0 saturated heterocycles. The molecule has 0 atom stereocenters. The number of rotatable bonds is 9. The van der Waals surface area contributed by atoms with Crippen molar-refractivity contribution < 1.29 is 4.42 Å². The first-order chi connectivity index (χ1) is 57.0. The first kappa shape index (κ1) is 64.8. The highest BCUT2D eigenvalue weighted by Gasteiger charge is 2.26. The average molecular weight is 1450 g/mol. The van der Waals surface area contributed by atoms with Gasteiger partial charge in [-0.25, -0.2) is 0 Å². The highest BCUT2D eigenvalue weighted by molar-refractivity contribution is 6.30. The van der Waals surface area contributed by atoms with Crippen LogP contribution in [0.15, 0.2) is 417 Å². The van der Waals surface area contributed by atoms with Crippen molar-refractivity contribution >= 4 is 151 Å². The molecule has 0 spiro atoms. The van der Waals surface area contributed by atoms with Gasteiger partial charge in [0.1, 0.15) is 11.2 Å². The first-order valence-electron chi connectivity index (χ1n) is 39.9. The molecular formula is C114H68O. The Bertz CT molecular complexity index is 8110. The molecule has 0 aliphatic heterocycles. The fraction of sp³-hybridized carbons (Fsp3) is 0. The lowest BCUT2D eigenvalue weighted by molar-refractivity contribution is 0.670. The first-order valence-corrected chi connectivity index (χ1v) is 39.9. The monoisotopic (exact) mass is 1450 g/mol. The van der Waals surface area contributed by atoms with Gasteiger partial charge in [0.15, 0.2) is 0 Å². The van der Waals surface area contributed by atoms with E-state index in [4.69, 9.17) is 4.42 Å². The van der Waals surface area contributed by atoms with Gasteiger partial charge < -0.3 is 4.42 Å². The lowest BCUT2D eigenvalue weighted by atomic mass is 9.83. The van der Waals surface area contributed by atoms with E-state index in [1.165, 1.54) is 224 Å². The molecule has 0 saturated carbocycles. The Hall–Kier alpha value is -15.0. The van der Waals surface area contributed by atoms with E-state index in [9.17, 15) is 0 Å². The lowest BCUT2D eigenvalue weighted by Crippen LogP contribution is -1.93. The Balaban J connectivity index is 0.571. The molecule has 1 heteroatoms. The van der Waals surface area contributed by atoms with Crippen LogP contribution in [0.1, 0.15) is 0 Å². The second kappa shape index (κ2) is 25.8. The van der Waals surface area contributed by atoms with Crippen LogP contribution in [0.25, 0.3) is 251 Å². The maximum Gasteiger partial charge on any atom is 0.143 e. The summed E-state index contributed by atoms with van der Waals surface area (Å²) in [4.78, 5) is 0. The van der Waals surface area contributed by atoms with Gasteiger partial charge in [-0.1, -0.05) is 358 Å². The van der Waals surface area contributed by atoms with Crippen molar-refractivity contribution in [2.24, 2.45) is 0 Å². The summed E-state index contributed by atoms with van der Waals surface area (Å²) in [7, 11) is 0. The van der Waals surface area contributed by atoms with Crippen molar-refractivity contribution in [3.05, 3.63) is 413 Å². The molecule has 0 N–H and O–H groups in total. The Morgan fingerprint density at radius 1 is 0.122 bits per heavy atom. The van der Waals surface area contributed by atoms with Gasteiger partial charge in [-0.2, -0.15) is 0 Å². The van der Waals surface area contributed by atoms with Crippen molar-refractivity contribution in [1.82, 2.24) is 0 Å². The highest BCUT2D eigenvalue weighted by Crippen LogP contribution is 2.53. The van der Waals surface area contributed by atoms with Crippen LogP contribution in [0.2, 0.25) is 0 Å². The quantitative estimate of drug-likeness (QED) is 0.104. The third-order valence-corrected chi connectivity index (χ3v) is 24.9. The molecule has 0 aliphatic carbocycles. The second-order valence-corrected chi connectivity index (χ2v) is 31.1. The molecule has 0 bridgehead atoms. The number of fused-ring (bicyclic) bond motifs is 16. The fourth-order valence-electron chi connectivity index (χ4n) is 19.8. The Morgan fingerprint density at radius 3 is 0.983 bits per heavy atom. The van der Waals surface area contributed by atoms with Gasteiger partial charge in [0.25, 0.3) is 0 Å². The smallest absolute Gasteiger partial charge is 0.143 e. The van der Waals surface area contributed by atoms with Crippen molar-refractivity contribution in [2.45, 2.75) is 0 Å². The van der Waals surface area contributed by atoms with Gasteiger partial charge >= 0.3 is 0 Å². The van der Waals surface area contributed by atoms with Crippen LogP contribution in [0.3, 0.4) is 0 Å². The topological polar surface area (TPSA) is 13.1 Å². The lowest BCUT2D eigenvalue weighted by Gasteiger charge is -2.20. The third-order valence-electron chi connectivity index (χ3n) is 24.9. The Morgan fingerprint density at radius 2 is 0.452 bits per heavy atom. The largest absolute Gasteiger partial charge is 0.455 e. The molecule has 1 aromatic heterocycles. The number of para-hydroxylation sites is 2. The molecule has 115 heavy (non-hydrogen) atoms. The minimum absolute atomic E-state index is 0.901. The second-order valence-electron chi connectivity index (χ2n) is 31.1. The molecule has 0 aliphatic rings. The highest BCUT2D eigenvalue weighted by atomic mass is 16.3. The predicted molar refractivity (Wildman–Crippen MR) is 493 cm³/mol. The van der Waals surface area contributed by atoms with E-state index < -0.39 is 0 Å². The van der Waals surface area contributed by atoms with Crippen LogP contribution in [0.4, 0.5) is 0 Å². The summed E-state index contributed by atoms with van der Waals surface area (Å²) in [6, 6.07) is 154. The molecule has 1 heterocycles. The number of hydrogen-bond donors (Lipinski definition) is 0. The van der Waals surface area contributed by atoms with Crippen molar-refractivity contribution in [3.8, 4) is 100 Å². The van der Waals surface area contributed by atoms with Crippen LogP contribution in [-0.2, 0) is 0 Å². The summed E-state index contributed by atoms with van der Waals surface area (Å²) in [6.45, 7) is 0. The Kier molecular flexibility index (Phi) is 14.5. The van der Waals surface area contributed by atoms with Crippen LogP contribution in [0.5, 0.6) is 0 Å².